The Bertz CT molecular complexity index is 1160. The second kappa shape index (κ2) is 6.72. The fourth-order valence-corrected chi connectivity index (χ4v) is 3.18. The predicted molar refractivity (Wildman–Crippen MR) is 106 cm³/mol. The molecule has 2 aromatic carbocycles. The number of ether oxygens (including phenoxy) is 1. The number of nitrogens with one attached hydrogen (secondary N) is 1. The second-order valence-electron chi connectivity index (χ2n) is 6.37. The van der Waals surface area contributed by atoms with Gasteiger partial charge in [-0.15, -0.1) is 0 Å². The molecule has 0 atom stereocenters. The Hall–Kier alpha value is -3.41. The number of para-hydroxylation sites is 1. The molecule has 0 aliphatic carbocycles. The number of methoxy groups -OCH3 is 1. The molecule has 0 bridgehead atoms. The van der Waals surface area contributed by atoms with Gasteiger partial charge in [0.15, 0.2) is 11.5 Å². The Morgan fingerprint density at radius 1 is 1.19 bits per heavy atom. The van der Waals surface area contributed by atoms with E-state index in [1.807, 2.05) is 38.1 Å². The molecule has 0 spiro atoms. The average Bonchev–Trinajstić information content (AvgIpc) is 3.02. The first-order valence-electron chi connectivity index (χ1n) is 8.83. The van der Waals surface area contributed by atoms with Crippen LogP contribution in [-0.4, -0.2) is 27.8 Å². The Morgan fingerprint density at radius 2 is 2.00 bits per heavy atom. The first-order chi connectivity index (χ1) is 13.1. The lowest BCUT2D eigenvalue weighted by Crippen LogP contribution is -2.14. The lowest BCUT2D eigenvalue weighted by atomic mass is 10.1. The molecule has 0 unspecified atom stereocenters. The number of carbonyl (C=O) groups excluding carboxylic acids is 1. The number of pyridine rings is 1. The summed E-state index contributed by atoms with van der Waals surface area (Å²) in [5.41, 5.74) is 3.29. The summed E-state index contributed by atoms with van der Waals surface area (Å²) in [5.74, 6) is 0.755. The highest BCUT2D eigenvalue weighted by molar-refractivity contribution is 6.10. The molecule has 0 aliphatic rings. The van der Waals surface area contributed by atoms with E-state index in [2.05, 4.69) is 16.5 Å². The maximum Gasteiger partial charge on any atom is 0.260 e. The zero-order valence-electron chi connectivity index (χ0n) is 15.5. The lowest BCUT2D eigenvalue weighted by molar-refractivity contribution is 0.102. The molecule has 27 heavy (non-hydrogen) atoms. The van der Waals surface area contributed by atoms with Gasteiger partial charge in [0.1, 0.15) is 5.75 Å². The highest BCUT2D eigenvalue weighted by Gasteiger charge is 2.17. The van der Waals surface area contributed by atoms with Crippen molar-refractivity contribution in [1.82, 2.24) is 14.8 Å². The summed E-state index contributed by atoms with van der Waals surface area (Å²) in [6.07, 6.45) is 0. The van der Waals surface area contributed by atoms with Gasteiger partial charge in [-0.25, -0.2) is 9.67 Å². The van der Waals surface area contributed by atoms with Crippen LogP contribution in [0.3, 0.4) is 0 Å². The van der Waals surface area contributed by atoms with Crippen molar-refractivity contribution in [3.63, 3.8) is 0 Å². The van der Waals surface area contributed by atoms with E-state index in [1.54, 1.807) is 30.0 Å². The number of anilines is 1. The molecule has 6 nitrogen and oxygen atoms in total. The van der Waals surface area contributed by atoms with E-state index in [0.717, 1.165) is 27.5 Å². The van der Waals surface area contributed by atoms with Gasteiger partial charge in [-0.3, -0.25) is 4.79 Å². The number of carbonyl (C=O) groups is 1. The Labute approximate surface area is 156 Å². The molecule has 1 N–H and O–H groups in total. The third kappa shape index (κ3) is 2.99. The van der Waals surface area contributed by atoms with Crippen LogP contribution in [0.5, 0.6) is 5.75 Å². The molecule has 0 radical (unpaired) electrons. The maximum absolute atomic E-state index is 12.8. The normalized spacial score (nSPS) is 11.1. The number of nitrogens with zero attached hydrogens (tertiary/aromatic N) is 3. The smallest absolute Gasteiger partial charge is 0.260 e. The summed E-state index contributed by atoms with van der Waals surface area (Å²) in [7, 11) is 1.55. The minimum Gasteiger partial charge on any atom is -0.496 e. The van der Waals surface area contributed by atoms with Crippen LogP contribution in [0.25, 0.3) is 21.9 Å². The van der Waals surface area contributed by atoms with Gasteiger partial charge >= 0.3 is 0 Å². The molecular weight excluding hydrogens is 340 g/mol. The standard InChI is InChI=1S/C21H20N4O2/c1-4-25-20-16(12-14-10-9-13(2)11-17(14)22-20)19(24-25)23-21(26)15-7-5-6-8-18(15)27-3/h5-12H,4H2,1-3H3,(H,23,24,26). The van der Waals surface area contributed by atoms with Gasteiger partial charge in [0.05, 0.1) is 23.6 Å². The van der Waals surface area contributed by atoms with Crippen molar-refractivity contribution in [2.75, 3.05) is 12.4 Å². The Kier molecular flexibility index (Phi) is 4.24. The molecular formula is C21H20N4O2. The lowest BCUT2D eigenvalue weighted by Gasteiger charge is -2.07. The fourth-order valence-electron chi connectivity index (χ4n) is 3.18. The van der Waals surface area contributed by atoms with Crippen LogP contribution in [-0.2, 0) is 6.54 Å². The monoisotopic (exact) mass is 360 g/mol. The first-order valence-corrected chi connectivity index (χ1v) is 8.83. The number of rotatable bonds is 4. The van der Waals surface area contributed by atoms with Crippen molar-refractivity contribution in [2.45, 2.75) is 20.4 Å². The zero-order chi connectivity index (χ0) is 19.0. The molecule has 0 fully saturated rings. The molecule has 6 heteroatoms. The van der Waals surface area contributed by atoms with Crippen LogP contribution in [0.15, 0.2) is 48.5 Å². The minimum absolute atomic E-state index is 0.265. The average molecular weight is 360 g/mol. The molecule has 0 saturated carbocycles. The number of benzene rings is 2. The topological polar surface area (TPSA) is 69.0 Å². The van der Waals surface area contributed by atoms with Crippen LogP contribution in [0.4, 0.5) is 5.82 Å². The van der Waals surface area contributed by atoms with Gasteiger partial charge in [-0.1, -0.05) is 24.3 Å². The van der Waals surface area contributed by atoms with E-state index >= 15 is 0 Å². The minimum atomic E-state index is -0.265. The molecule has 0 aliphatic heterocycles. The quantitative estimate of drug-likeness (QED) is 0.593. The number of aryl methyl sites for hydroxylation is 2. The van der Waals surface area contributed by atoms with E-state index in [1.165, 1.54) is 0 Å². The van der Waals surface area contributed by atoms with Crippen molar-refractivity contribution in [3.8, 4) is 5.75 Å². The van der Waals surface area contributed by atoms with Crippen molar-refractivity contribution in [2.24, 2.45) is 0 Å². The van der Waals surface area contributed by atoms with E-state index in [0.29, 0.717) is 23.7 Å². The summed E-state index contributed by atoms with van der Waals surface area (Å²) < 4.78 is 7.09. The zero-order valence-corrected chi connectivity index (χ0v) is 15.5. The summed E-state index contributed by atoms with van der Waals surface area (Å²) in [4.78, 5) is 17.6. The summed E-state index contributed by atoms with van der Waals surface area (Å²) in [5, 5.41) is 9.30. The summed E-state index contributed by atoms with van der Waals surface area (Å²) in [6, 6.07) is 15.3. The van der Waals surface area contributed by atoms with Crippen molar-refractivity contribution < 1.29 is 9.53 Å². The molecule has 4 aromatic rings. The second-order valence-corrected chi connectivity index (χ2v) is 6.37. The van der Waals surface area contributed by atoms with Gasteiger partial charge in [-0.05, 0) is 43.7 Å². The number of amides is 1. The van der Waals surface area contributed by atoms with E-state index in [4.69, 9.17) is 9.72 Å². The Balaban J connectivity index is 1.81. The number of hydrogen-bond donors (Lipinski definition) is 1. The van der Waals surface area contributed by atoms with Crippen LogP contribution in [0.2, 0.25) is 0 Å². The van der Waals surface area contributed by atoms with E-state index in [-0.39, 0.29) is 5.91 Å². The summed E-state index contributed by atoms with van der Waals surface area (Å²) >= 11 is 0. The Morgan fingerprint density at radius 3 is 2.78 bits per heavy atom. The van der Waals surface area contributed by atoms with Crippen molar-refractivity contribution in [3.05, 3.63) is 59.7 Å². The molecule has 1 amide bonds. The highest BCUT2D eigenvalue weighted by Crippen LogP contribution is 2.27. The first kappa shape index (κ1) is 17.0. The van der Waals surface area contributed by atoms with Gasteiger partial charge < -0.3 is 10.1 Å². The SMILES string of the molecule is CCn1nc(NC(=O)c2ccccc2OC)c2cc3ccc(C)cc3nc21. The van der Waals surface area contributed by atoms with Gasteiger partial charge in [0, 0.05) is 11.9 Å². The van der Waals surface area contributed by atoms with Gasteiger partial charge in [0.25, 0.3) is 5.91 Å². The number of aromatic nitrogens is 3. The molecule has 2 aromatic heterocycles. The van der Waals surface area contributed by atoms with E-state index < -0.39 is 0 Å². The van der Waals surface area contributed by atoms with Crippen LogP contribution in [0, 0.1) is 6.92 Å². The van der Waals surface area contributed by atoms with Crippen LogP contribution >= 0.6 is 0 Å². The molecule has 4 rings (SSSR count). The highest BCUT2D eigenvalue weighted by atomic mass is 16.5. The number of fused-ring (bicyclic) bond motifs is 2. The molecule has 2 heterocycles. The predicted octanol–water partition coefficient (Wildman–Crippen LogP) is 4.17. The molecule has 136 valence electrons. The van der Waals surface area contributed by atoms with Crippen LogP contribution < -0.4 is 10.1 Å². The maximum atomic E-state index is 12.8. The third-order valence-corrected chi connectivity index (χ3v) is 4.56. The van der Waals surface area contributed by atoms with Crippen molar-refractivity contribution >= 4 is 33.7 Å². The van der Waals surface area contributed by atoms with Crippen LogP contribution in [0.1, 0.15) is 22.8 Å². The number of hydrogen-bond acceptors (Lipinski definition) is 4. The van der Waals surface area contributed by atoms with Gasteiger partial charge in [-0.2, -0.15) is 5.10 Å². The largest absolute Gasteiger partial charge is 0.496 e. The fraction of sp³-hybridized carbons (Fsp3) is 0.190. The van der Waals surface area contributed by atoms with Gasteiger partial charge in [0.2, 0.25) is 0 Å². The molecule has 0 saturated heterocycles. The van der Waals surface area contributed by atoms with E-state index in [9.17, 15) is 4.79 Å². The summed E-state index contributed by atoms with van der Waals surface area (Å²) in [6.45, 7) is 4.70. The van der Waals surface area contributed by atoms with Crippen molar-refractivity contribution in [1.29, 1.82) is 0 Å². The third-order valence-electron chi connectivity index (χ3n) is 4.56.